The first-order valence-electron chi connectivity index (χ1n) is 11.8. The molecule has 2 aromatic carbocycles. The number of ether oxygens (including phenoxy) is 1. The third kappa shape index (κ3) is 6.76. The number of para-hydroxylation sites is 1. The molecule has 0 bridgehead atoms. The summed E-state index contributed by atoms with van der Waals surface area (Å²) in [7, 11) is 0. The first-order valence-corrected chi connectivity index (χ1v) is 12.6. The summed E-state index contributed by atoms with van der Waals surface area (Å²) in [4.78, 5) is 22.1. The molecule has 1 fully saturated rings. The van der Waals surface area contributed by atoms with Crippen LogP contribution in [-0.2, 0) is 16.1 Å². The maximum Gasteiger partial charge on any atom is 0.490 e. The van der Waals surface area contributed by atoms with Crippen molar-refractivity contribution in [1.29, 1.82) is 0 Å². The molecule has 5 rings (SSSR count). The van der Waals surface area contributed by atoms with Crippen LogP contribution >= 0.6 is 11.3 Å². The highest BCUT2D eigenvalue weighted by Crippen LogP contribution is 2.35. The van der Waals surface area contributed by atoms with Crippen LogP contribution < -0.4 is 0 Å². The number of H-pyrrole nitrogens is 1. The van der Waals surface area contributed by atoms with Crippen molar-refractivity contribution in [3.8, 4) is 21.1 Å². The Balaban J connectivity index is 0.000000405. The van der Waals surface area contributed by atoms with E-state index in [1.54, 1.807) is 11.3 Å². The Labute approximate surface area is 216 Å². The van der Waals surface area contributed by atoms with Gasteiger partial charge in [-0.3, -0.25) is 4.90 Å². The first-order chi connectivity index (χ1) is 17.5. The average Bonchev–Trinajstić information content (AvgIpc) is 3.47. The van der Waals surface area contributed by atoms with Gasteiger partial charge in [0.15, 0.2) is 0 Å². The summed E-state index contributed by atoms with van der Waals surface area (Å²) >= 11 is 1.79. The molecular formula is C27H28F3N3O3S. The number of aromatic nitrogens is 2. The maximum absolute atomic E-state index is 10.6. The predicted octanol–water partition coefficient (Wildman–Crippen LogP) is 6.51. The summed E-state index contributed by atoms with van der Waals surface area (Å²) in [6.07, 6.45) is -4.49. The quantitative estimate of drug-likeness (QED) is 0.314. The van der Waals surface area contributed by atoms with Gasteiger partial charge in [0, 0.05) is 24.5 Å². The number of halogens is 3. The van der Waals surface area contributed by atoms with E-state index in [1.165, 1.54) is 26.4 Å². The van der Waals surface area contributed by atoms with Gasteiger partial charge in [-0.1, -0.05) is 30.3 Å². The Morgan fingerprint density at radius 3 is 2.41 bits per heavy atom. The van der Waals surface area contributed by atoms with Gasteiger partial charge in [-0.2, -0.15) is 13.2 Å². The maximum atomic E-state index is 10.6. The van der Waals surface area contributed by atoms with Crippen LogP contribution in [0.1, 0.15) is 25.0 Å². The van der Waals surface area contributed by atoms with Gasteiger partial charge in [0.1, 0.15) is 5.82 Å². The van der Waals surface area contributed by atoms with E-state index in [0.717, 1.165) is 36.5 Å². The van der Waals surface area contributed by atoms with E-state index in [2.05, 4.69) is 85.3 Å². The van der Waals surface area contributed by atoms with E-state index in [4.69, 9.17) is 19.6 Å². The van der Waals surface area contributed by atoms with Gasteiger partial charge >= 0.3 is 12.1 Å². The fourth-order valence-electron chi connectivity index (χ4n) is 4.41. The van der Waals surface area contributed by atoms with Crippen molar-refractivity contribution in [3.63, 3.8) is 0 Å². The van der Waals surface area contributed by atoms with Crippen molar-refractivity contribution in [1.82, 2.24) is 14.9 Å². The molecule has 196 valence electrons. The number of hydrogen-bond acceptors (Lipinski definition) is 5. The van der Waals surface area contributed by atoms with Crippen molar-refractivity contribution >= 4 is 28.3 Å². The highest BCUT2D eigenvalue weighted by Gasteiger charge is 2.38. The number of imidazole rings is 1. The summed E-state index contributed by atoms with van der Waals surface area (Å²) in [6, 6.07) is 19.6. The molecule has 0 amide bonds. The lowest BCUT2D eigenvalue weighted by molar-refractivity contribution is -0.192. The van der Waals surface area contributed by atoms with Crippen LogP contribution in [0.25, 0.3) is 32.2 Å². The van der Waals surface area contributed by atoms with Crippen molar-refractivity contribution in [2.24, 2.45) is 0 Å². The van der Waals surface area contributed by atoms with Crippen LogP contribution in [0, 0.1) is 6.92 Å². The van der Waals surface area contributed by atoms with Gasteiger partial charge in [0.05, 0.1) is 28.1 Å². The molecule has 1 aliphatic rings. The van der Waals surface area contributed by atoms with Crippen molar-refractivity contribution in [3.05, 3.63) is 65.7 Å². The Morgan fingerprint density at radius 2 is 1.76 bits per heavy atom. The Kier molecular flexibility index (Phi) is 8.01. The lowest BCUT2D eigenvalue weighted by Gasteiger charge is -2.35. The Morgan fingerprint density at radius 1 is 1.11 bits per heavy atom. The van der Waals surface area contributed by atoms with E-state index in [1.807, 2.05) is 0 Å². The topological polar surface area (TPSA) is 78.5 Å². The molecule has 0 spiro atoms. The van der Waals surface area contributed by atoms with Crippen LogP contribution in [-0.4, -0.2) is 57.4 Å². The fourth-order valence-corrected chi connectivity index (χ4v) is 5.35. The Hall–Kier alpha value is -3.21. The van der Waals surface area contributed by atoms with Crippen LogP contribution in [0.5, 0.6) is 0 Å². The Bertz CT molecular complexity index is 1370. The van der Waals surface area contributed by atoms with Crippen LogP contribution in [0.15, 0.2) is 54.6 Å². The summed E-state index contributed by atoms with van der Waals surface area (Å²) in [5.74, 6) is -1.81. The number of carboxylic acids is 1. The second-order valence-corrected chi connectivity index (χ2v) is 10.3. The molecule has 2 N–H and O–H groups in total. The minimum absolute atomic E-state index is 0.296. The first kappa shape index (κ1) is 26.8. The molecule has 1 saturated heterocycles. The largest absolute Gasteiger partial charge is 0.490 e. The molecule has 2 unspecified atom stereocenters. The van der Waals surface area contributed by atoms with Crippen molar-refractivity contribution in [2.45, 2.75) is 45.7 Å². The van der Waals surface area contributed by atoms with E-state index >= 15 is 0 Å². The third-order valence-electron chi connectivity index (χ3n) is 5.91. The summed E-state index contributed by atoms with van der Waals surface area (Å²) in [5.41, 5.74) is 5.97. The smallest absolute Gasteiger partial charge is 0.475 e. The minimum atomic E-state index is -5.08. The van der Waals surface area contributed by atoms with Crippen LogP contribution in [0.3, 0.4) is 0 Å². The number of nitrogens with one attached hydrogen (secondary N) is 1. The molecule has 0 aliphatic carbocycles. The number of thiophene rings is 1. The van der Waals surface area contributed by atoms with Crippen LogP contribution in [0.2, 0.25) is 0 Å². The minimum Gasteiger partial charge on any atom is -0.475 e. The molecule has 2 aromatic heterocycles. The predicted molar refractivity (Wildman–Crippen MR) is 139 cm³/mol. The van der Waals surface area contributed by atoms with E-state index in [9.17, 15) is 13.2 Å². The number of carboxylic acid groups (broad SMARTS) is 1. The molecule has 10 heteroatoms. The number of aryl methyl sites for hydroxylation is 1. The molecule has 1 aliphatic heterocycles. The number of alkyl halides is 3. The zero-order valence-corrected chi connectivity index (χ0v) is 21.5. The van der Waals surface area contributed by atoms with E-state index < -0.39 is 12.1 Å². The second kappa shape index (κ2) is 11.0. The second-order valence-electron chi connectivity index (χ2n) is 9.18. The normalized spacial score (nSPS) is 18.4. The van der Waals surface area contributed by atoms with Crippen molar-refractivity contribution < 1.29 is 27.8 Å². The van der Waals surface area contributed by atoms with E-state index in [0.29, 0.717) is 12.2 Å². The van der Waals surface area contributed by atoms with Gasteiger partial charge in [-0.25, -0.2) is 9.78 Å². The number of benzene rings is 2. The highest BCUT2D eigenvalue weighted by atomic mass is 32.1. The standard InChI is InChI=1S/C25H27N3OS.C2HF3O2/c1-16-6-4-9-21-24(16)27-25(26-21)23-11-10-22(30-23)20-8-5-7-19(12-20)15-28-13-17(2)29-18(3)14-28;3-2(4,5)1(6)7/h4-12,17-18H,13-15H2,1-3H3,(H,26,27);(H,6,7). The third-order valence-corrected chi connectivity index (χ3v) is 7.05. The molecule has 3 heterocycles. The summed E-state index contributed by atoms with van der Waals surface area (Å²) < 4.78 is 37.6. The summed E-state index contributed by atoms with van der Waals surface area (Å²) in [5, 5.41) is 7.12. The lowest BCUT2D eigenvalue weighted by atomic mass is 10.1. The zero-order valence-electron chi connectivity index (χ0n) is 20.7. The molecule has 37 heavy (non-hydrogen) atoms. The zero-order chi connectivity index (χ0) is 26.7. The monoisotopic (exact) mass is 531 g/mol. The number of hydrogen-bond donors (Lipinski definition) is 2. The highest BCUT2D eigenvalue weighted by molar-refractivity contribution is 7.18. The van der Waals surface area contributed by atoms with Gasteiger partial charge < -0.3 is 14.8 Å². The number of fused-ring (bicyclic) bond motifs is 1. The van der Waals surface area contributed by atoms with Crippen molar-refractivity contribution in [2.75, 3.05) is 13.1 Å². The van der Waals surface area contributed by atoms with Gasteiger partial charge in [-0.15, -0.1) is 11.3 Å². The average molecular weight is 532 g/mol. The molecule has 0 saturated carbocycles. The fraction of sp³-hybridized carbons (Fsp3) is 0.333. The number of carbonyl (C=O) groups is 1. The SMILES string of the molecule is Cc1cccc2[nH]c(-c3ccc(-c4cccc(CN5CC(C)OC(C)C5)c4)s3)nc12.O=C(O)C(F)(F)F. The lowest BCUT2D eigenvalue weighted by Crippen LogP contribution is -2.44. The molecule has 2 atom stereocenters. The van der Waals surface area contributed by atoms with Gasteiger partial charge in [0.2, 0.25) is 0 Å². The molecule has 6 nitrogen and oxygen atoms in total. The molecule has 4 aromatic rings. The number of aromatic amines is 1. The molecular weight excluding hydrogens is 503 g/mol. The van der Waals surface area contributed by atoms with Crippen LogP contribution in [0.4, 0.5) is 13.2 Å². The van der Waals surface area contributed by atoms with Gasteiger partial charge in [0.25, 0.3) is 0 Å². The summed E-state index contributed by atoms with van der Waals surface area (Å²) in [6.45, 7) is 9.37. The number of morpholine rings is 1. The number of nitrogens with zero attached hydrogens (tertiary/aromatic N) is 2. The van der Waals surface area contributed by atoms with E-state index in [-0.39, 0.29) is 0 Å². The number of aliphatic carboxylic acids is 1. The van der Waals surface area contributed by atoms with Gasteiger partial charge in [-0.05, 0) is 61.7 Å². The number of rotatable bonds is 4. The molecule has 0 radical (unpaired) electrons.